The molecule has 168 valence electrons. The van der Waals surface area contributed by atoms with E-state index in [2.05, 4.69) is 33.5 Å². The molecule has 0 amide bonds. The van der Waals surface area contributed by atoms with E-state index in [1.807, 2.05) is 36.4 Å². The van der Waals surface area contributed by atoms with E-state index in [1.54, 1.807) is 21.3 Å². The van der Waals surface area contributed by atoms with Gasteiger partial charge in [0.2, 0.25) is 0 Å². The maximum atomic E-state index is 5.74. The molecule has 1 fully saturated rings. The highest BCUT2D eigenvalue weighted by Gasteiger charge is 2.25. The molecule has 2 aromatic carbocycles. The largest absolute Gasteiger partial charge is 0.495 e. The maximum Gasteiger partial charge on any atom is 0.191 e. The Morgan fingerprint density at radius 3 is 2.65 bits per heavy atom. The van der Waals surface area contributed by atoms with Crippen LogP contribution in [0.25, 0.3) is 0 Å². The van der Waals surface area contributed by atoms with Crippen LogP contribution in [-0.2, 0) is 6.54 Å². The van der Waals surface area contributed by atoms with Gasteiger partial charge in [-0.15, -0.1) is 0 Å². The molecule has 0 bridgehead atoms. The monoisotopic (exact) mass is 426 g/mol. The lowest BCUT2D eigenvalue weighted by molar-refractivity contribution is 0.294. The molecule has 3 rings (SSSR count). The van der Waals surface area contributed by atoms with Crippen molar-refractivity contribution >= 4 is 11.6 Å². The van der Waals surface area contributed by atoms with E-state index in [9.17, 15) is 0 Å². The number of para-hydroxylation sites is 2. The van der Waals surface area contributed by atoms with Crippen molar-refractivity contribution in [2.45, 2.75) is 32.4 Å². The van der Waals surface area contributed by atoms with Gasteiger partial charge in [0.1, 0.15) is 5.75 Å². The predicted octanol–water partition coefficient (Wildman–Crippen LogP) is 3.44. The van der Waals surface area contributed by atoms with Gasteiger partial charge in [-0.1, -0.05) is 25.1 Å². The van der Waals surface area contributed by atoms with E-state index < -0.39 is 0 Å². The highest BCUT2D eigenvalue weighted by atomic mass is 16.5. The van der Waals surface area contributed by atoms with Crippen LogP contribution in [0.15, 0.2) is 47.5 Å². The zero-order chi connectivity index (χ0) is 22.1. The molecule has 1 saturated heterocycles. The van der Waals surface area contributed by atoms with Gasteiger partial charge in [-0.3, -0.25) is 4.99 Å². The summed E-state index contributed by atoms with van der Waals surface area (Å²) in [7, 11) is 5.18. The van der Waals surface area contributed by atoms with E-state index in [1.165, 1.54) is 0 Å². The van der Waals surface area contributed by atoms with Gasteiger partial charge in [-0.05, 0) is 42.7 Å². The van der Waals surface area contributed by atoms with E-state index in [0.717, 1.165) is 60.4 Å². The van der Waals surface area contributed by atoms with Crippen molar-refractivity contribution in [3.05, 3.63) is 48.0 Å². The Morgan fingerprint density at radius 2 is 1.90 bits per heavy atom. The van der Waals surface area contributed by atoms with Crippen molar-refractivity contribution in [2.75, 3.05) is 45.9 Å². The Labute approximate surface area is 185 Å². The second-order valence-corrected chi connectivity index (χ2v) is 7.51. The van der Waals surface area contributed by atoms with Gasteiger partial charge in [-0.25, -0.2) is 0 Å². The molecule has 2 N–H and O–H groups in total. The number of hydrogen-bond acceptors (Lipinski definition) is 5. The van der Waals surface area contributed by atoms with E-state index in [0.29, 0.717) is 19.2 Å². The Balaban J connectivity index is 1.54. The van der Waals surface area contributed by atoms with Gasteiger partial charge in [0, 0.05) is 32.7 Å². The van der Waals surface area contributed by atoms with Crippen LogP contribution in [0.3, 0.4) is 0 Å². The molecular formula is C24H34N4O3. The minimum Gasteiger partial charge on any atom is -0.495 e. The average molecular weight is 427 g/mol. The smallest absolute Gasteiger partial charge is 0.191 e. The molecule has 2 aromatic rings. The first-order valence-electron chi connectivity index (χ1n) is 10.8. The summed E-state index contributed by atoms with van der Waals surface area (Å²) in [5.41, 5.74) is 2.24. The van der Waals surface area contributed by atoms with E-state index in [-0.39, 0.29) is 0 Å². The molecule has 1 aliphatic rings. The SMILES string of the molecule is CCCOc1ccc(CNC(=NC)NC2CCN(c3ccccc3OC)C2)cc1OC. The lowest BCUT2D eigenvalue weighted by Gasteiger charge is -2.22. The van der Waals surface area contributed by atoms with Crippen molar-refractivity contribution in [3.63, 3.8) is 0 Å². The quantitative estimate of drug-likeness (QED) is 0.473. The number of benzene rings is 2. The van der Waals surface area contributed by atoms with Crippen LogP contribution >= 0.6 is 0 Å². The second-order valence-electron chi connectivity index (χ2n) is 7.51. The van der Waals surface area contributed by atoms with Crippen molar-refractivity contribution in [3.8, 4) is 17.2 Å². The molecule has 1 heterocycles. The molecule has 0 aromatic heterocycles. The van der Waals surface area contributed by atoms with Gasteiger partial charge >= 0.3 is 0 Å². The van der Waals surface area contributed by atoms with Gasteiger partial charge in [0.05, 0.1) is 26.5 Å². The summed E-state index contributed by atoms with van der Waals surface area (Å²) in [5.74, 6) is 3.22. The summed E-state index contributed by atoms with van der Waals surface area (Å²) in [5, 5.41) is 6.94. The van der Waals surface area contributed by atoms with Crippen LogP contribution in [0.4, 0.5) is 5.69 Å². The summed E-state index contributed by atoms with van der Waals surface area (Å²) in [6.07, 6.45) is 2.00. The first-order chi connectivity index (χ1) is 15.2. The molecule has 31 heavy (non-hydrogen) atoms. The maximum absolute atomic E-state index is 5.74. The Morgan fingerprint density at radius 1 is 1.10 bits per heavy atom. The first-order valence-corrected chi connectivity index (χ1v) is 10.8. The molecule has 7 nitrogen and oxygen atoms in total. The minimum absolute atomic E-state index is 0.315. The van der Waals surface area contributed by atoms with E-state index >= 15 is 0 Å². The normalized spacial score (nSPS) is 16.2. The molecule has 1 unspecified atom stereocenters. The van der Waals surface area contributed by atoms with Crippen LogP contribution in [-0.4, -0.2) is 53.0 Å². The third-order valence-electron chi connectivity index (χ3n) is 5.33. The summed E-state index contributed by atoms with van der Waals surface area (Å²) in [4.78, 5) is 6.74. The Bertz CT molecular complexity index is 872. The molecule has 0 aliphatic carbocycles. The van der Waals surface area contributed by atoms with Gasteiger partial charge in [-0.2, -0.15) is 0 Å². The number of guanidine groups is 1. The Hall–Kier alpha value is -3.09. The van der Waals surface area contributed by atoms with Crippen LogP contribution in [0, 0.1) is 0 Å². The minimum atomic E-state index is 0.315. The predicted molar refractivity (Wildman–Crippen MR) is 126 cm³/mol. The van der Waals surface area contributed by atoms with Gasteiger partial charge in [0.15, 0.2) is 17.5 Å². The van der Waals surface area contributed by atoms with Crippen molar-refractivity contribution in [2.24, 2.45) is 4.99 Å². The number of nitrogens with one attached hydrogen (secondary N) is 2. The van der Waals surface area contributed by atoms with Gasteiger partial charge in [0.25, 0.3) is 0 Å². The summed E-state index contributed by atoms with van der Waals surface area (Å²) < 4.78 is 16.7. The number of methoxy groups -OCH3 is 2. The molecule has 1 atom stereocenters. The zero-order valence-electron chi connectivity index (χ0n) is 19.0. The fourth-order valence-corrected chi connectivity index (χ4v) is 3.71. The van der Waals surface area contributed by atoms with Crippen molar-refractivity contribution in [1.82, 2.24) is 10.6 Å². The lowest BCUT2D eigenvalue weighted by atomic mass is 10.2. The summed E-state index contributed by atoms with van der Waals surface area (Å²) in [6.45, 7) is 5.29. The third kappa shape index (κ3) is 5.96. The number of rotatable bonds is 9. The summed E-state index contributed by atoms with van der Waals surface area (Å²) >= 11 is 0. The fourth-order valence-electron chi connectivity index (χ4n) is 3.71. The highest BCUT2D eigenvalue weighted by molar-refractivity contribution is 5.80. The number of ether oxygens (including phenoxy) is 3. The second kappa shape index (κ2) is 11.3. The standard InChI is InChI=1S/C24H34N4O3/c1-5-14-31-22-11-10-18(15-23(22)30-4)16-26-24(25-2)27-19-12-13-28(17-19)20-8-6-7-9-21(20)29-3/h6-11,15,19H,5,12-14,16-17H2,1-4H3,(H2,25,26,27). The highest BCUT2D eigenvalue weighted by Crippen LogP contribution is 2.30. The number of anilines is 1. The topological polar surface area (TPSA) is 67.4 Å². The molecule has 7 heteroatoms. The van der Waals surface area contributed by atoms with Crippen molar-refractivity contribution < 1.29 is 14.2 Å². The molecule has 1 aliphatic heterocycles. The fraction of sp³-hybridized carbons (Fsp3) is 0.458. The molecule has 0 spiro atoms. The zero-order valence-corrected chi connectivity index (χ0v) is 19.0. The number of hydrogen-bond donors (Lipinski definition) is 2. The molecule has 0 saturated carbocycles. The molecule has 0 radical (unpaired) electrons. The van der Waals surface area contributed by atoms with Crippen LogP contribution in [0.2, 0.25) is 0 Å². The third-order valence-corrected chi connectivity index (χ3v) is 5.33. The summed E-state index contributed by atoms with van der Waals surface area (Å²) in [6, 6.07) is 14.5. The Kier molecular flexibility index (Phi) is 8.27. The van der Waals surface area contributed by atoms with E-state index in [4.69, 9.17) is 14.2 Å². The molecular weight excluding hydrogens is 392 g/mol. The van der Waals surface area contributed by atoms with Crippen molar-refractivity contribution in [1.29, 1.82) is 0 Å². The van der Waals surface area contributed by atoms with Gasteiger partial charge < -0.3 is 29.7 Å². The van der Waals surface area contributed by atoms with Crippen LogP contribution < -0.4 is 29.7 Å². The number of nitrogens with zero attached hydrogens (tertiary/aromatic N) is 2. The first kappa shape index (κ1) is 22.6. The van der Waals surface area contributed by atoms with Crippen LogP contribution in [0.1, 0.15) is 25.3 Å². The van der Waals surface area contributed by atoms with Crippen LogP contribution in [0.5, 0.6) is 17.2 Å². The number of aliphatic imine (C=N–C) groups is 1. The average Bonchev–Trinajstić information content (AvgIpc) is 3.28. The lowest BCUT2D eigenvalue weighted by Crippen LogP contribution is -2.44.